The highest BCUT2D eigenvalue weighted by Gasteiger charge is 2.30. The van der Waals surface area contributed by atoms with Crippen molar-refractivity contribution in [3.05, 3.63) is 35.0 Å². The van der Waals surface area contributed by atoms with Gasteiger partial charge in [0.25, 0.3) is 0 Å². The van der Waals surface area contributed by atoms with E-state index in [1.807, 2.05) is 38.4 Å². The maximum atomic E-state index is 10.1. The molecule has 0 spiro atoms. The van der Waals surface area contributed by atoms with Crippen molar-refractivity contribution >= 4 is 39.3 Å². The lowest BCUT2D eigenvalue weighted by Crippen LogP contribution is -2.22. The molecule has 0 amide bonds. The molecule has 0 saturated carbocycles. The van der Waals surface area contributed by atoms with Crippen LogP contribution in [-0.2, 0) is 0 Å². The quantitative estimate of drug-likeness (QED) is 0.674. The Kier molecular flexibility index (Phi) is 3.34. The van der Waals surface area contributed by atoms with E-state index in [-0.39, 0.29) is 18.1 Å². The van der Waals surface area contributed by atoms with Gasteiger partial charge in [0.15, 0.2) is 5.84 Å². The molecule has 7 heteroatoms. The summed E-state index contributed by atoms with van der Waals surface area (Å²) in [4.78, 5) is 6.27. The van der Waals surface area contributed by atoms with Crippen LogP contribution in [-0.4, -0.2) is 52.8 Å². The molecule has 1 aromatic heterocycles. The van der Waals surface area contributed by atoms with E-state index in [9.17, 15) is 5.11 Å². The van der Waals surface area contributed by atoms with E-state index in [1.54, 1.807) is 11.2 Å². The van der Waals surface area contributed by atoms with Gasteiger partial charge in [0.1, 0.15) is 23.7 Å². The minimum absolute atomic E-state index is 0.134. The van der Waals surface area contributed by atoms with Crippen LogP contribution in [0.4, 0.5) is 0 Å². The number of aliphatic hydroxyl groups is 1. The molecule has 2 N–H and O–H groups in total. The van der Waals surface area contributed by atoms with Gasteiger partial charge < -0.3 is 10.0 Å². The number of benzene rings is 1. The highest BCUT2D eigenvalue weighted by Crippen LogP contribution is 2.32. The summed E-state index contributed by atoms with van der Waals surface area (Å²) in [6.45, 7) is 0.203. The Bertz CT molecular complexity index is 729. The van der Waals surface area contributed by atoms with Crippen LogP contribution in [0.5, 0.6) is 0 Å². The molecular weight excluding hydrogens is 286 g/mol. The molecule has 108 valence electrons. The Morgan fingerprint density at radius 3 is 2.90 bits per heavy atom. The van der Waals surface area contributed by atoms with Gasteiger partial charge in [-0.05, 0) is 12.1 Å². The van der Waals surface area contributed by atoms with Crippen LogP contribution in [0.25, 0.3) is 15.8 Å². The lowest BCUT2D eigenvalue weighted by Gasteiger charge is -2.12. The number of aliphatic hydroxyl groups excluding tert-OH is 1. The molecule has 2 heterocycles. The van der Waals surface area contributed by atoms with Crippen LogP contribution in [0.15, 0.2) is 35.1 Å². The number of aromatic nitrogens is 1. The Balaban J connectivity index is 1.94. The third kappa shape index (κ3) is 2.47. The van der Waals surface area contributed by atoms with Crippen LogP contribution in [0.1, 0.15) is 5.01 Å². The lowest BCUT2D eigenvalue weighted by atomic mass is 10.2. The summed E-state index contributed by atoms with van der Waals surface area (Å²) >= 11 is 1.47. The second-order valence-electron chi connectivity index (χ2n) is 4.91. The van der Waals surface area contributed by atoms with Crippen molar-refractivity contribution in [2.75, 3.05) is 20.6 Å². The van der Waals surface area contributed by atoms with Crippen molar-refractivity contribution < 1.29 is 5.11 Å². The summed E-state index contributed by atoms with van der Waals surface area (Å²) in [7, 11) is 3.70. The fourth-order valence-electron chi connectivity index (χ4n) is 2.03. The van der Waals surface area contributed by atoms with Crippen molar-refractivity contribution in [1.29, 1.82) is 5.41 Å². The monoisotopic (exact) mass is 301 g/mol. The van der Waals surface area contributed by atoms with Crippen LogP contribution < -0.4 is 0 Å². The summed E-state index contributed by atoms with van der Waals surface area (Å²) in [6.07, 6.45) is 1.60. The first kappa shape index (κ1) is 13.6. The predicted octanol–water partition coefficient (Wildman–Crippen LogP) is 2.36. The summed E-state index contributed by atoms with van der Waals surface area (Å²) in [5.41, 5.74) is 1.34. The van der Waals surface area contributed by atoms with Gasteiger partial charge in [0.2, 0.25) is 0 Å². The average Bonchev–Trinajstić information content (AvgIpc) is 2.97. The van der Waals surface area contributed by atoms with E-state index in [4.69, 9.17) is 5.41 Å². The zero-order chi connectivity index (χ0) is 15.0. The predicted molar refractivity (Wildman–Crippen MR) is 85.8 cm³/mol. The lowest BCUT2D eigenvalue weighted by molar-refractivity contribution is 0.356. The normalized spacial score (nSPS) is 15.7. The molecule has 0 unspecified atom stereocenters. The van der Waals surface area contributed by atoms with E-state index >= 15 is 0 Å². The number of fused-ring (bicyclic) bond motifs is 1. The van der Waals surface area contributed by atoms with Crippen molar-refractivity contribution in [3.63, 3.8) is 0 Å². The Labute approximate surface area is 126 Å². The molecule has 1 aliphatic heterocycles. The number of hydrogen-bond acceptors (Lipinski definition) is 5. The standard InChI is InChI=1S/C14H15N5OS/c1-18(2)8-16-19-7-10(20)12(13(19)15)14-17-9-5-3-4-6-11(9)21-14/h3-6,8,15,20H,7H2,1-2H3. The SMILES string of the molecule is CN(C)C=NN1CC(O)=C(c2nc3ccccc3s2)C1=N. The van der Waals surface area contributed by atoms with Crippen LogP contribution in [0.3, 0.4) is 0 Å². The molecule has 1 aliphatic rings. The van der Waals surface area contributed by atoms with E-state index in [0.717, 1.165) is 10.2 Å². The van der Waals surface area contributed by atoms with E-state index < -0.39 is 0 Å². The zero-order valence-corrected chi connectivity index (χ0v) is 12.6. The second-order valence-corrected chi connectivity index (χ2v) is 5.94. The second kappa shape index (κ2) is 5.17. The van der Waals surface area contributed by atoms with Gasteiger partial charge in [-0.2, -0.15) is 5.10 Å². The maximum Gasteiger partial charge on any atom is 0.155 e. The van der Waals surface area contributed by atoms with Gasteiger partial charge in [-0.25, -0.2) is 9.99 Å². The van der Waals surface area contributed by atoms with Crippen molar-refractivity contribution in [1.82, 2.24) is 14.9 Å². The topological polar surface area (TPSA) is 75.8 Å². The molecule has 0 atom stereocenters. The van der Waals surface area contributed by atoms with Crippen molar-refractivity contribution in [3.8, 4) is 0 Å². The zero-order valence-electron chi connectivity index (χ0n) is 11.7. The summed E-state index contributed by atoms with van der Waals surface area (Å²) in [5.74, 6) is 0.305. The number of hydrogen-bond donors (Lipinski definition) is 2. The first-order valence-corrected chi connectivity index (χ1v) is 7.23. The average molecular weight is 301 g/mol. The molecule has 0 fully saturated rings. The number of amidine groups is 1. The first-order chi connectivity index (χ1) is 10.1. The molecule has 0 radical (unpaired) electrons. The van der Waals surface area contributed by atoms with Crippen molar-refractivity contribution in [2.24, 2.45) is 5.10 Å². The number of para-hydroxylation sites is 1. The number of nitrogens with one attached hydrogen (secondary N) is 1. The van der Waals surface area contributed by atoms with E-state index in [0.29, 0.717) is 10.6 Å². The molecule has 2 aromatic rings. The van der Waals surface area contributed by atoms with E-state index in [2.05, 4.69) is 10.1 Å². The van der Waals surface area contributed by atoms with Gasteiger partial charge in [0.05, 0.1) is 15.8 Å². The molecule has 0 aliphatic carbocycles. The fraction of sp³-hybridized carbons (Fsp3) is 0.214. The molecular formula is C14H15N5OS. The van der Waals surface area contributed by atoms with Gasteiger partial charge in [-0.15, -0.1) is 11.3 Å². The Morgan fingerprint density at radius 2 is 2.19 bits per heavy atom. The van der Waals surface area contributed by atoms with Crippen LogP contribution in [0, 0.1) is 5.41 Å². The number of hydrazone groups is 1. The number of thiazole rings is 1. The molecule has 3 rings (SSSR count). The summed E-state index contributed by atoms with van der Waals surface area (Å²) < 4.78 is 1.04. The van der Waals surface area contributed by atoms with Crippen molar-refractivity contribution in [2.45, 2.75) is 0 Å². The highest BCUT2D eigenvalue weighted by atomic mass is 32.1. The van der Waals surface area contributed by atoms with Gasteiger partial charge in [0, 0.05) is 14.1 Å². The minimum atomic E-state index is 0.134. The summed E-state index contributed by atoms with van der Waals surface area (Å²) in [6, 6.07) is 7.78. The van der Waals surface area contributed by atoms with E-state index in [1.165, 1.54) is 16.3 Å². The fourth-order valence-corrected chi connectivity index (χ4v) is 3.07. The third-order valence-electron chi connectivity index (χ3n) is 3.01. The largest absolute Gasteiger partial charge is 0.509 e. The summed E-state index contributed by atoms with van der Waals surface area (Å²) in [5, 5.41) is 24.6. The van der Waals surface area contributed by atoms with Crippen LogP contribution >= 0.6 is 11.3 Å². The minimum Gasteiger partial charge on any atom is -0.509 e. The smallest absolute Gasteiger partial charge is 0.155 e. The van der Waals surface area contributed by atoms with Gasteiger partial charge in [-0.1, -0.05) is 12.1 Å². The molecule has 1 aromatic carbocycles. The molecule has 21 heavy (non-hydrogen) atoms. The molecule has 0 saturated heterocycles. The maximum absolute atomic E-state index is 10.1. The molecule has 6 nitrogen and oxygen atoms in total. The van der Waals surface area contributed by atoms with Crippen LogP contribution in [0.2, 0.25) is 0 Å². The number of nitrogens with zero attached hydrogens (tertiary/aromatic N) is 4. The number of rotatable bonds is 3. The molecule has 0 bridgehead atoms. The third-order valence-corrected chi connectivity index (χ3v) is 4.07. The van der Waals surface area contributed by atoms with Gasteiger partial charge >= 0.3 is 0 Å². The first-order valence-electron chi connectivity index (χ1n) is 6.41. The Hall–Kier alpha value is -2.41. The Morgan fingerprint density at radius 1 is 1.43 bits per heavy atom. The highest BCUT2D eigenvalue weighted by molar-refractivity contribution is 7.19. The van der Waals surface area contributed by atoms with Gasteiger partial charge in [-0.3, -0.25) is 5.41 Å².